The Labute approximate surface area is 243 Å². The van der Waals surface area contributed by atoms with E-state index in [4.69, 9.17) is 13.9 Å². The topological polar surface area (TPSA) is 103 Å². The largest absolute Gasteiger partial charge is 0.456 e. The molecule has 3 aliphatic rings. The van der Waals surface area contributed by atoms with Crippen molar-refractivity contribution < 1.29 is 23.5 Å². The highest BCUT2D eigenvalue weighted by molar-refractivity contribution is 5.96. The maximum Gasteiger partial charge on any atom is 0.250 e. The van der Waals surface area contributed by atoms with Crippen LogP contribution in [0, 0.1) is 11.8 Å². The summed E-state index contributed by atoms with van der Waals surface area (Å²) in [5.41, 5.74) is 3.20. The minimum absolute atomic E-state index is 0.0139. The first-order chi connectivity index (χ1) is 20.4. The van der Waals surface area contributed by atoms with E-state index in [-0.39, 0.29) is 48.3 Å². The number of piperidine rings is 1. The molecule has 2 unspecified atom stereocenters. The first kappa shape index (κ1) is 26.4. The molecule has 0 saturated carbocycles. The van der Waals surface area contributed by atoms with Gasteiger partial charge < -0.3 is 28.7 Å². The van der Waals surface area contributed by atoms with Crippen molar-refractivity contribution in [2.75, 3.05) is 19.9 Å². The molecule has 3 aliphatic heterocycles. The highest BCUT2D eigenvalue weighted by Gasteiger charge is 2.39. The number of furan rings is 1. The molecule has 7 rings (SSSR count). The zero-order valence-electron chi connectivity index (χ0n) is 23.7. The molecule has 1 saturated heterocycles. The van der Waals surface area contributed by atoms with Crippen molar-refractivity contribution in [1.29, 1.82) is 0 Å². The molecule has 2 bridgehead atoms. The summed E-state index contributed by atoms with van der Waals surface area (Å²) in [5.74, 6) is 1.70. The molecule has 4 aromatic rings. The third-order valence-corrected chi connectivity index (χ3v) is 8.70. The molecule has 0 aliphatic carbocycles. The van der Waals surface area contributed by atoms with Crippen LogP contribution in [0.3, 0.4) is 0 Å². The Morgan fingerprint density at radius 3 is 2.55 bits per heavy atom. The lowest BCUT2D eigenvalue weighted by atomic mass is 9.82. The first-order valence-corrected chi connectivity index (χ1v) is 14.5. The smallest absolute Gasteiger partial charge is 0.250 e. The Hall–Kier alpha value is -4.53. The average Bonchev–Trinajstić information content (AvgIpc) is 3.59. The summed E-state index contributed by atoms with van der Waals surface area (Å²) in [5, 5.41) is 3.83. The van der Waals surface area contributed by atoms with Gasteiger partial charge in [0.05, 0.1) is 6.42 Å². The summed E-state index contributed by atoms with van der Waals surface area (Å²) < 4.78 is 19.3. The monoisotopic (exact) mass is 567 g/mol. The highest BCUT2D eigenvalue weighted by Crippen LogP contribution is 2.42. The minimum Gasteiger partial charge on any atom is -0.456 e. The molecule has 1 N–H and O–H groups in total. The summed E-state index contributed by atoms with van der Waals surface area (Å²) in [7, 11) is 0. The number of carbonyl (C=O) groups is 2. The van der Waals surface area contributed by atoms with Crippen LogP contribution in [0.4, 0.5) is 0 Å². The molecule has 1 fully saturated rings. The normalized spacial score (nSPS) is 19.5. The predicted molar refractivity (Wildman–Crippen MR) is 156 cm³/mol. The maximum atomic E-state index is 13.9. The van der Waals surface area contributed by atoms with Crippen molar-refractivity contribution >= 4 is 22.8 Å². The number of amides is 2. The molecule has 3 atom stereocenters. The first-order valence-electron chi connectivity index (χ1n) is 14.5. The Morgan fingerprint density at radius 1 is 0.976 bits per heavy atom. The number of nitrogens with zero attached hydrogens (tertiary/aromatic N) is 2. The third-order valence-electron chi connectivity index (χ3n) is 8.70. The maximum absolute atomic E-state index is 13.9. The fourth-order valence-electron chi connectivity index (χ4n) is 6.71. The van der Waals surface area contributed by atoms with E-state index in [0.29, 0.717) is 42.5 Å². The van der Waals surface area contributed by atoms with E-state index in [9.17, 15) is 14.4 Å². The fourth-order valence-corrected chi connectivity index (χ4v) is 6.71. The lowest BCUT2D eigenvalue weighted by molar-refractivity contribution is -0.140. The molecule has 9 heteroatoms. The Kier molecular flexibility index (Phi) is 6.52. The van der Waals surface area contributed by atoms with Crippen molar-refractivity contribution in [2.45, 2.75) is 45.2 Å². The number of benzene rings is 2. The molecule has 0 radical (unpaired) electrons. The Morgan fingerprint density at radius 2 is 1.76 bits per heavy atom. The van der Waals surface area contributed by atoms with Gasteiger partial charge in [0, 0.05) is 59.9 Å². The van der Waals surface area contributed by atoms with Gasteiger partial charge in [-0.15, -0.1) is 0 Å². The van der Waals surface area contributed by atoms with E-state index in [1.807, 2.05) is 65.8 Å². The van der Waals surface area contributed by atoms with Crippen LogP contribution in [-0.2, 0) is 22.6 Å². The van der Waals surface area contributed by atoms with Gasteiger partial charge in [-0.1, -0.05) is 50.2 Å². The standard InChI is InChI=1S/C33H33N3O6/c1-19(2)31(33(39)35-15-20-11-22(17-35)25-9-6-10-30(38)36(25)16-20)34-29(37)13-24-23-12-27-28(41-18-40-27)14-26(23)42-32(24)21-7-4-3-5-8-21/h3-10,12,14,19-20,22,31H,11,13,15-18H2,1-2H3,(H,34,37)/t20?,22?,31-/m0/s1. The summed E-state index contributed by atoms with van der Waals surface area (Å²) in [6, 6.07) is 18.0. The summed E-state index contributed by atoms with van der Waals surface area (Å²) in [4.78, 5) is 41.9. The van der Waals surface area contributed by atoms with Crippen LogP contribution < -0.4 is 20.3 Å². The van der Waals surface area contributed by atoms with Gasteiger partial charge in [-0.25, -0.2) is 0 Å². The van der Waals surface area contributed by atoms with Crippen LogP contribution in [0.1, 0.15) is 37.4 Å². The molecule has 2 amide bonds. The summed E-state index contributed by atoms with van der Waals surface area (Å²) in [6.07, 6.45) is 0.995. The molecule has 0 spiro atoms. The van der Waals surface area contributed by atoms with Crippen molar-refractivity contribution in [3.63, 3.8) is 0 Å². The number of carbonyl (C=O) groups excluding carboxylic acids is 2. The van der Waals surface area contributed by atoms with Gasteiger partial charge in [0.25, 0.3) is 5.56 Å². The van der Waals surface area contributed by atoms with Gasteiger partial charge in [-0.3, -0.25) is 14.4 Å². The van der Waals surface area contributed by atoms with Crippen LogP contribution in [0.25, 0.3) is 22.3 Å². The number of pyridine rings is 1. The lowest BCUT2D eigenvalue weighted by Gasteiger charge is -2.44. The van der Waals surface area contributed by atoms with E-state index < -0.39 is 6.04 Å². The Bertz CT molecular complexity index is 1740. The van der Waals surface area contributed by atoms with E-state index >= 15 is 0 Å². The molecule has 42 heavy (non-hydrogen) atoms. The number of ether oxygens (including phenoxy) is 2. The molecule has 2 aromatic carbocycles. The van der Waals surface area contributed by atoms with E-state index in [2.05, 4.69) is 5.32 Å². The van der Waals surface area contributed by atoms with Gasteiger partial charge in [0.15, 0.2) is 11.5 Å². The molecule has 216 valence electrons. The second-order valence-electron chi connectivity index (χ2n) is 11.9. The van der Waals surface area contributed by atoms with Crippen LogP contribution in [0.15, 0.2) is 69.9 Å². The van der Waals surface area contributed by atoms with Crippen LogP contribution in [0.2, 0.25) is 0 Å². The summed E-state index contributed by atoms with van der Waals surface area (Å²) >= 11 is 0. The van der Waals surface area contributed by atoms with Crippen molar-refractivity contribution in [2.24, 2.45) is 11.8 Å². The number of likely N-dealkylation sites (tertiary alicyclic amines) is 1. The summed E-state index contributed by atoms with van der Waals surface area (Å²) in [6.45, 7) is 5.77. The number of fused-ring (bicyclic) bond motifs is 6. The van der Waals surface area contributed by atoms with E-state index in [0.717, 1.165) is 28.6 Å². The SMILES string of the molecule is CC(C)[C@H](NC(=O)Cc1c(-c2ccccc2)oc2cc3c(cc12)OCO3)C(=O)N1CC2CC(C1)c1cccc(=O)n1C2. The van der Waals surface area contributed by atoms with Crippen molar-refractivity contribution in [1.82, 2.24) is 14.8 Å². The van der Waals surface area contributed by atoms with E-state index in [1.54, 1.807) is 18.2 Å². The molecule has 5 heterocycles. The van der Waals surface area contributed by atoms with Gasteiger partial charge in [-0.2, -0.15) is 0 Å². The zero-order chi connectivity index (χ0) is 29.0. The van der Waals surface area contributed by atoms with Gasteiger partial charge in [0.1, 0.15) is 17.4 Å². The third kappa shape index (κ3) is 4.62. The second kappa shape index (κ2) is 10.4. The van der Waals surface area contributed by atoms with Gasteiger partial charge in [0.2, 0.25) is 18.6 Å². The molecular weight excluding hydrogens is 534 g/mol. The fraction of sp³-hybridized carbons (Fsp3) is 0.364. The predicted octanol–water partition coefficient (Wildman–Crippen LogP) is 4.32. The van der Waals surface area contributed by atoms with Gasteiger partial charge in [-0.05, 0) is 30.4 Å². The molecule has 2 aromatic heterocycles. The van der Waals surface area contributed by atoms with Crippen LogP contribution in [0.5, 0.6) is 11.5 Å². The highest BCUT2D eigenvalue weighted by atomic mass is 16.7. The number of nitrogens with one attached hydrogen (secondary N) is 1. The number of rotatable bonds is 6. The van der Waals surface area contributed by atoms with E-state index in [1.165, 1.54) is 0 Å². The average molecular weight is 568 g/mol. The number of aromatic nitrogens is 1. The quantitative estimate of drug-likeness (QED) is 0.372. The van der Waals surface area contributed by atoms with Crippen molar-refractivity contribution in [3.05, 3.63) is 82.3 Å². The Balaban J connectivity index is 1.14. The molecule has 9 nitrogen and oxygen atoms in total. The van der Waals surface area contributed by atoms with Crippen molar-refractivity contribution in [3.8, 4) is 22.8 Å². The zero-order valence-corrected chi connectivity index (χ0v) is 23.7. The molecular formula is C33H33N3O6. The number of hydrogen-bond donors (Lipinski definition) is 1. The number of hydrogen-bond acceptors (Lipinski definition) is 6. The minimum atomic E-state index is -0.673. The van der Waals surface area contributed by atoms with Crippen LogP contribution >= 0.6 is 0 Å². The van der Waals surface area contributed by atoms with Crippen LogP contribution in [-0.4, -0.2) is 47.2 Å². The van der Waals surface area contributed by atoms with Gasteiger partial charge >= 0.3 is 0 Å². The second-order valence-corrected chi connectivity index (χ2v) is 11.9. The lowest BCUT2D eigenvalue weighted by Crippen LogP contribution is -2.56.